The molecule has 2 atom stereocenters. The number of rotatable bonds is 3. The summed E-state index contributed by atoms with van der Waals surface area (Å²) < 4.78 is 5.46. The first-order chi connectivity index (χ1) is 12.2. The van der Waals surface area contributed by atoms with E-state index in [2.05, 4.69) is 11.4 Å². The molecule has 128 valence electrons. The fourth-order valence-corrected chi connectivity index (χ4v) is 4.74. The molecule has 0 unspecified atom stereocenters. The van der Waals surface area contributed by atoms with Crippen molar-refractivity contribution in [3.05, 3.63) is 63.5 Å². The van der Waals surface area contributed by atoms with Crippen molar-refractivity contribution in [2.45, 2.75) is 31.1 Å². The van der Waals surface area contributed by atoms with E-state index in [4.69, 9.17) is 4.74 Å². The molecule has 2 heterocycles. The number of amides is 1. The molecule has 1 aliphatic carbocycles. The summed E-state index contributed by atoms with van der Waals surface area (Å²) in [5.74, 6) is 0.756. The average Bonchev–Trinajstić information content (AvgIpc) is 3.15. The normalized spacial score (nSPS) is 23.2. The van der Waals surface area contributed by atoms with Crippen LogP contribution in [-0.4, -0.2) is 18.8 Å². The highest BCUT2D eigenvalue weighted by Gasteiger charge is 2.39. The van der Waals surface area contributed by atoms with Gasteiger partial charge in [0.05, 0.1) is 7.11 Å². The lowest BCUT2D eigenvalue weighted by Gasteiger charge is -2.34. The van der Waals surface area contributed by atoms with Gasteiger partial charge in [-0.15, -0.1) is 11.3 Å². The number of ketones is 1. The van der Waals surface area contributed by atoms with Gasteiger partial charge in [0.2, 0.25) is 5.91 Å². The zero-order valence-corrected chi connectivity index (χ0v) is 14.8. The Morgan fingerprint density at radius 2 is 1.92 bits per heavy atom. The molecular formula is C20H19NO3S. The van der Waals surface area contributed by atoms with Crippen molar-refractivity contribution < 1.29 is 14.3 Å². The molecule has 1 N–H and O–H groups in total. The van der Waals surface area contributed by atoms with Gasteiger partial charge in [-0.25, -0.2) is 0 Å². The van der Waals surface area contributed by atoms with E-state index < -0.39 is 0 Å². The number of carbonyl (C=O) groups is 2. The quantitative estimate of drug-likeness (QED) is 0.914. The number of benzene rings is 1. The number of thiophene rings is 1. The number of Topliss-reactive ketones (excluding diaryl/α,β-unsaturated/α-hetero) is 1. The van der Waals surface area contributed by atoms with E-state index in [1.54, 1.807) is 18.4 Å². The van der Waals surface area contributed by atoms with Crippen LogP contribution in [-0.2, 0) is 9.59 Å². The molecule has 0 saturated carbocycles. The highest BCUT2D eigenvalue weighted by Crippen LogP contribution is 2.45. The molecule has 25 heavy (non-hydrogen) atoms. The second-order valence-corrected chi connectivity index (χ2v) is 7.46. The van der Waals surface area contributed by atoms with Gasteiger partial charge in [0, 0.05) is 46.4 Å². The first kappa shape index (κ1) is 16.1. The van der Waals surface area contributed by atoms with Crippen LogP contribution in [0.2, 0.25) is 0 Å². The molecule has 0 bridgehead atoms. The van der Waals surface area contributed by atoms with Gasteiger partial charge >= 0.3 is 0 Å². The van der Waals surface area contributed by atoms with Gasteiger partial charge in [-0.3, -0.25) is 9.59 Å². The molecule has 2 aliphatic rings. The zero-order chi connectivity index (χ0) is 17.4. The summed E-state index contributed by atoms with van der Waals surface area (Å²) in [5, 5.41) is 4.99. The van der Waals surface area contributed by atoms with Crippen molar-refractivity contribution >= 4 is 23.0 Å². The summed E-state index contributed by atoms with van der Waals surface area (Å²) in [6, 6.07) is 11.7. The van der Waals surface area contributed by atoms with Crippen LogP contribution in [0.3, 0.4) is 0 Å². The lowest BCUT2D eigenvalue weighted by atomic mass is 9.74. The van der Waals surface area contributed by atoms with Gasteiger partial charge < -0.3 is 10.1 Å². The van der Waals surface area contributed by atoms with E-state index >= 15 is 0 Å². The molecule has 1 aromatic carbocycles. The summed E-state index contributed by atoms with van der Waals surface area (Å²) in [7, 11) is 1.62. The van der Waals surface area contributed by atoms with Gasteiger partial charge in [-0.2, -0.15) is 0 Å². The number of ether oxygens (including phenoxy) is 1. The molecule has 1 amide bonds. The summed E-state index contributed by atoms with van der Waals surface area (Å²) in [6.45, 7) is 0. The first-order valence-electron chi connectivity index (χ1n) is 8.39. The largest absolute Gasteiger partial charge is 0.496 e. The number of carbonyl (C=O) groups excluding carboxylic acids is 2. The van der Waals surface area contributed by atoms with E-state index in [0.29, 0.717) is 12.8 Å². The lowest BCUT2D eigenvalue weighted by Crippen LogP contribution is -2.38. The molecule has 0 spiro atoms. The predicted octanol–water partition coefficient (Wildman–Crippen LogP) is 3.76. The molecular weight excluding hydrogens is 334 g/mol. The van der Waals surface area contributed by atoms with Crippen molar-refractivity contribution in [1.82, 2.24) is 5.32 Å². The lowest BCUT2D eigenvalue weighted by molar-refractivity contribution is -0.122. The van der Waals surface area contributed by atoms with Crippen LogP contribution in [0.5, 0.6) is 5.75 Å². The Bertz CT molecular complexity index is 854. The maximum atomic E-state index is 13.0. The minimum atomic E-state index is -0.225. The standard InChI is InChI=1S/C20H19NO3S/c1-24-17-6-3-2-5-13(17)14-11-19(23)21-15-9-12(10-16(22)20(14)15)18-7-4-8-25-18/h2-8,12,14H,9-11H2,1H3,(H,21,23)/t12-,14+/m0/s1. The van der Waals surface area contributed by atoms with E-state index in [9.17, 15) is 9.59 Å². The Kier molecular flexibility index (Phi) is 4.17. The molecule has 4 rings (SSSR count). The van der Waals surface area contributed by atoms with E-state index in [1.807, 2.05) is 35.7 Å². The molecule has 0 radical (unpaired) electrons. The summed E-state index contributed by atoms with van der Waals surface area (Å²) >= 11 is 1.67. The molecule has 1 aromatic heterocycles. The second-order valence-electron chi connectivity index (χ2n) is 6.48. The van der Waals surface area contributed by atoms with Crippen LogP contribution in [0.4, 0.5) is 0 Å². The van der Waals surface area contributed by atoms with Crippen LogP contribution in [0.1, 0.15) is 41.5 Å². The Hall–Kier alpha value is -2.40. The van der Waals surface area contributed by atoms with Crippen molar-refractivity contribution in [3.63, 3.8) is 0 Å². The minimum absolute atomic E-state index is 0.0331. The van der Waals surface area contributed by atoms with Gasteiger partial charge in [0.25, 0.3) is 0 Å². The SMILES string of the molecule is COc1ccccc1[C@H]1CC(=O)NC2=C1C(=O)C[C@@H](c1cccs1)C2. The fourth-order valence-electron chi connectivity index (χ4n) is 3.90. The first-order valence-corrected chi connectivity index (χ1v) is 9.27. The fraction of sp³-hybridized carbons (Fsp3) is 0.300. The van der Waals surface area contributed by atoms with Crippen molar-refractivity contribution in [2.75, 3.05) is 7.11 Å². The minimum Gasteiger partial charge on any atom is -0.496 e. The molecule has 0 fully saturated rings. The highest BCUT2D eigenvalue weighted by atomic mass is 32.1. The van der Waals surface area contributed by atoms with Crippen LogP contribution < -0.4 is 10.1 Å². The van der Waals surface area contributed by atoms with Crippen molar-refractivity contribution in [3.8, 4) is 5.75 Å². The van der Waals surface area contributed by atoms with Crippen LogP contribution >= 0.6 is 11.3 Å². The van der Waals surface area contributed by atoms with E-state index in [0.717, 1.165) is 22.6 Å². The Morgan fingerprint density at radius 1 is 1.08 bits per heavy atom. The number of allylic oxidation sites excluding steroid dienone is 2. The summed E-state index contributed by atoms with van der Waals surface area (Å²) in [6.07, 6.45) is 1.49. The van der Waals surface area contributed by atoms with Crippen molar-refractivity contribution in [1.29, 1.82) is 0 Å². The zero-order valence-electron chi connectivity index (χ0n) is 14.0. The maximum absolute atomic E-state index is 13.0. The Labute approximate surface area is 150 Å². The number of hydrogen-bond donors (Lipinski definition) is 1. The van der Waals surface area contributed by atoms with Crippen LogP contribution in [0, 0.1) is 0 Å². The van der Waals surface area contributed by atoms with Crippen LogP contribution in [0.25, 0.3) is 0 Å². The topological polar surface area (TPSA) is 55.4 Å². The molecule has 2 aromatic rings. The van der Waals surface area contributed by atoms with Gasteiger partial charge in [0.15, 0.2) is 5.78 Å². The van der Waals surface area contributed by atoms with E-state index in [1.165, 1.54) is 4.88 Å². The molecule has 5 heteroatoms. The predicted molar refractivity (Wildman–Crippen MR) is 96.8 cm³/mol. The van der Waals surface area contributed by atoms with Gasteiger partial charge in [-0.1, -0.05) is 24.3 Å². The average molecular weight is 353 g/mol. The Balaban J connectivity index is 1.76. The third-order valence-electron chi connectivity index (χ3n) is 5.00. The second kappa shape index (κ2) is 6.48. The van der Waals surface area contributed by atoms with E-state index in [-0.39, 0.29) is 29.9 Å². The van der Waals surface area contributed by atoms with Crippen LogP contribution in [0.15, 0.2) is 53.0 Å². The number of para-hydroxylation sites is 1. The number of methoxy groups -OCH3 is 1. The Morgan fingerprint density at radius 3 is 2.68 bits per heavy atom. The summed E-state index contributed by atoms with van der Waals surface area (Å²) in [4.78, 5) is 26.5. The monoisotopic (exact) mass is 353 g/mol. The highest BCUT2D eigenvalue weighted by molar-refractivity contribution is 7.10. The number of nitrogens with one attached hydrogen (secondary N) is 1. The molecule has 1 aliphatic heterocycles. The summed E-state index contributed by atoms with van der Waals surface area (Å²) in [5.41, 5.74) is 2.47. The smallest absolute Gasteiger partial charge is 0.225 e. The van der Waals surface area contributed by atoms with Crippen molar-refractivity contribution in [2.24, 2.45) is 0 Å². The molecule has 4 nitrogen and oxygen atoms in total. The van der Waals surface area contributed by atoms with Gasteiger partial charge in [-0.05, 0) is 23.9 Å². The maximum Gasteiger partial charge on any atom is 0.225 e. The number of hydrogen-bond acceptors (Lipinski definition) is 4. The molecule has 0 saturated heterocycles. The third kappa shape index (κ3) is 2.89. The van der Waals surface area contributed by atoms with Gasteiger partial charge in [0.1, 0.15) is 5.75 Å². The third-order valence-corrected chi connectivity index (χ3v) is 6.03.